The number of carboxylic acids is 1. The Morgan fingerprint density at radius 1 is 0.914 bits per heavy atom. The van der Waals surface area contributed by atoms with Gasteiger partial charge in [-0.1, -0.05) is 18.2 Å². The molecule has 2 aromatic carbocycles. The Morgan fingerprint density at radius 2 is 1.57 bits per heavy atom. The van der Waals surface area contributed by atoms with Gasteiger partial charge >= 0.3 is 18.1 Å². The lowest BCUT2D eigenvalue weighted by molar-refractivity contribution is -0.146. The van der Waals surface area contributed by atoms with Crippen LogP contribution in [0.15, 0.2) is 60.7 Å². The summed E-state index contributed by atoms with van der Waals surface area (Å²) in [5, 5.41) is 14.1. The number of halogens is 3. The number of carbonyl (C=O) groups excluding carboxylic acids is 3. The van der Waals surface area contributed by atoms with Gasteiger partial charge in [0.15, 0.2) is 6.61 Å². The molecule has 35 heavy (non-hydrogen) atoms. The van der Waals surface area contributed by atoms with Gasteiger partial charge in [0.05, 0.1) is 23.0 Å². The van der Waals surface area contributed by atoms with E-state index in [-0.39, 0.29) is 17.7 Å². The van der Waals surface area contributed by atoms with E-state index in [4.69, 9.17) is 4.74 Å². The smallest absolute Gasteiger partial charge is 0.416 e. The molecule has 3 N–H and O–H groups in total. The van der Waals surface area contributed by atoms with Crippen LogP contribution in [0.1, 0.15) is 28.8 Å². The number of rotatable bonds is 7. The molecule has 2 amide bonds. The number of allylic oxidation sites excluding steroid dienone is 2. The Bertz CT molecular complexity index is 1140. The highest BCUT2D eigenvalue weighted by Gasteiger charge is 2.34. The number of aliphatic carboxylic acids is 1. The molecule has 0 aromatic heterocycles. The number of esters is 1. The molecule has 0 saturated carbocycles. The predicted molar refractivity (Wildman–Crippen MR) is 118 cm³/mol. The zero-order valence-corrected chi connectivity index (χ0v) is 18.2. The average molecular weight is 490 g/mol. The molecule has 184 valence electrons. The summed E-state index contributed by atoms with van der Waals surface area (Å²) in [6.45, 7) is -0.723. The molecule has 0 fully saturated rings. The van der Waals surface area contributed by atoms with E-state index in [0.29, 0.717) is 12.1 Å². The fourth-order valence-corrected chi connectivity index (χ4v) is 3.49. The maximum atomic E-state index is 12.8. The largest absolute Gasteiger partial charge is 0.481 e. The standard InChI is InChI=1S/C24H21F3N2O6/c25-24(26,27)15-4-3-5-17(12-15)28-20(30)13-35-23(34)14-8-10-16(11-9-14)29-21(31)18-6-1-2-7-19(18)22(32)33/h1-5,8-12,18-19H,6-7,13H2,(H,28,30)(H,29,31)(H,32,33). The van der Waals surface area contributed by atoms with E-state index in [9.17, 15) is 37.5 Å². The van der Waals surface area contributed by atoms with Crippen LogP contribution in [0, 0.1) is 11.8 Å². The predicted octanol–water partition coefficient (Wildman–Crippen LogP) is 4.11. The number of benzene rings is 2. The van der Waals surface area contributed by atoms with Crippen LogP contribution in [0.3, 0.4) is 0 Å². The highest BCUT2D eigenvalue weighted by Crippen LogP contribution is 2.30. The number of ether oxygens (including phenoxy) is 1. The second-order valence-corrected chi connectivity index (χ2v) is 7.76. The number of hydrogen-bond acceptors (Lipinski definition) is 5. The summed E-state index contributed by atoms with van der Waals surface area (Å²) in [5.74, 6) is -4.73. The van der Waals surface area contributed by atoms with Gasteiger partial charge in [-0.3, -0.25) is 14.4 Å². The summed E-state index contributed by atoms with van der Waals surface area (Å²) in [7, 11) is 0. The lowest BCUT2D eigenvalue weighted by Crippen LogP contribution is -2.34. The minimum Gasteiger partial charge on any atom is -0.481 e. The molecule has 0 radical (unpaired) electrons. The van der Waals surface area contributed by atoms with Crippen LogP contribution in [0.2, 0.25) is 0 Å². The highest BCUT2D eigenvalue weighted by atomic mass is 19.4. The van der Waals surface area contributed by atoms with Crippen LogP contribution in [0.5, 0.6) is 0 Å². The van der Waals surface area contributed by atoms with E-state index in [1.54, 1.807) is 12.2 Å². The van der Waals surface area contributed by atoms with Gasteiger partial charge in [-0.05, 0) is 55.3 Å². The van der Waals surface area contributed by atoms with E-state index in [2.05, 4.69) is 10.6 Å². The first kappa shape index (κ1) is 25.5. The Labute approximate surface area is 197 Å². The molecule has 1 aliphatic rings. The second kappa shape index (κ2) is 10.9. The molecule has 0 saturated heterocycles. The third-order valence-electron chi connectivity index (χ3n) is 5.28. The van der Waals surface area contributed by atoms with Crippen molar-refractivity contribution in [1.29, 1.82) is 0 Å². The van der Waals surface area contributed by atoms with Crippen molar-refractivity contribution in [2.75, 3.05) is 17.2 Å². The van der Waals surface area contributed by atoms with Gasteiger partial charge in [0.25, 0.3) is 5.91 Å². The van der Waals surface area contributed by atoms with Crippen LogP contribution in [0.4, 0.5) is 24.5 Å². The van der Waals surface area contributed by atoms with Crippen molar-refractivity contribution in [3.05, 3.63) is 71.8 Å². The van der Waals surface area contributed by atoms with Gasteiger partial charge in [0.2, 0.25) is 5.91 Å². The molecule has 2 aromatic rings. The molecule has 0 heterocycles. The fourth-order valence-electron chi connectivity index (χ4n) is 3.49. The summed E-state index contributed by atoms with van der Waals surface area (Å²) in [5.41, 5.74) is -0.621. The van der Waals surface area contributed by atoms with Crippen LogP contribution in [-0.4, -0.2) is 35.5 Å². The third kappa shape index (κ3) is 6.92. The molecule has 2 unspecified atom stereocenters. The van der Waals surface area contributed by atoms with Gasteiger partial charge in [-0.25, -0.2) is 4.79 Å². The van der Waals surface area contributed by atoms with Crippen molar-refractivity contribution in [3.8, 4) is 0 Å². The van der Waals surface area contributed by atoms with Gasteiger partial charge < -0.3 is 20.5 Å². The first-order valence-corrected chi connectivity index (χ1v) is 10.5. The topological polar surface area (TPSA) is 122 Å². The maximum absolute atomic E-state index is 12.8. The Balaban J connectivity index is 1.52. The van der Waals surface area contributed by atoms with Crippen LogP contribution >= 0.6 is 0 Å². The van der Waals surface area contributed by atoms with E-state index in [1.807, 2.05) is 0 Å². The summed E-state index contributed by atoms with van der Waals surface area (Å²) < 4.78 is 43.2. The monoisotopic (exact) mass is 490 g/mol. The zero-order valence-electron chi connectivity index (χ0n) is 18.2. The highest BCUT2D eigenvalue weighted by molar-refractivity contribution is 5.97. The molecule has 0 bridgehead atoms. The number of amides is 2. The van der Waals surface area contributed by atoms with Crippen LogP contribution < -0.4 is 10.6 Å². The summed E-state index contributed by atoms with van der Waals surface area (Å²) in [6, 6.07) is 9.56. The minimum atomic E-state index is -4.57. The quantitative estimate of drug-likeness (QED) is 0.397. The van der Waals surface area contributed by atoms with Crippen molar-refractivity contribution in [2.24, 2.45) is 11.8 Å². The summed E-state index contributed by atoms with van der Waals surface area (Å²) in [4.78, 5) is 48.0. The normalized spacial score (nSPS) is 17.3. The van der Waals surface area contributed by atoms with Gasteiger partial charge in [0, 0.05) is 11.4 Å². The van der Waals surface area contributed by atoms with Crippen molar-refractivity contribution in [3.63, 3.8) is 0 Å². The first-order valence-electron chi connectivity index (χ1n) is 10.5. The van der Waals surface area contributed by atoms with Gasteiger partial charge in [-0.15, -0.1) is 0 Å². The third-order valence-corrected chi connectivity index (χ3v) is 5.28. The number of hydrogen-bond donors (Lipinski definition) is 3. The van der Waals surface area contributed by atoms with E-state index in [1.165, 1.54) is 30.3 Å². The van der Waals surface area contributed by atoms with E-state index in [0.717, 1.165) is 18.2 Å². The number of alkyl halides is 3. The molecule has 11 heteroatoms. The average Bonchev–Trinajstić information content (AvgIpc) is 2.82. The Hall–Kier alpha value is -4.15. The summed E-state index contributed by atoms with van der Waals surface area (Å²) >= 11 is 0. The molecule has 0 aliphatic heterocycles. The zero-order chi connectivity index (χ0) is 25.6. The Morgan fingerprint density at radius 3 is 2.20 bits per heavy atom. The molecule has 1 aliphatic carbocycles. The van der Waals surface area contributed by atoms with Crippen LogP contribution in [0.25, 0.3) is 0 Å². The molecule has 0 spiro atoms. The molecular weight excluding hydrogens is 469 g/mol. The van der Waals surface area contributed by atoms with Crippen molar-refractivity contribution in [1.82, 2.24) is 0 Å². The number of carbonyl (C=O) groups is 4. The molecule has 3 rings (SSSR count). The number of anilines is 2. The SMILES string of the molecule is O=C(COC(=O)c1ccc(NC(=O)C2CC=CCC2C(=O)O)cc1)Nc1cccc(C(F)(F)F)c1. The first-order chi connectivity index (χ1) is 16.5. The fraction of sp³-hybridized carbons (Fsp3) is 0.250. The minimum absolute atomic E-state index is 0.0684. The van der Waals surface area contributed by atoms with Gasteiger partial charge in [0.1, 0.15) is 0 Å². The van der Waals surface area contributed by atoms with Crippen molar-refractivity contribution < 1.29 is 42.2 Å². The maximum Gasteiger partial charge on any atom is 0.416 e. The lowest BCUT2D eigenvalue weighted by atomic mass is 9.82. The van der Waals surface area contributed by atoms with Gasteiger partial charge in [-0.2, -0.15) is 13.2 Å². The molecular formula is C24H21F3N2O6. The van der Waals surface area contributed by atoms with Crippen molar-refractivity contribution >= 4 is 35.1 Å². The van der Waals surface area contributed by atoms with E-state index >= 15 is 0 Å². The Kier molecular flexibility index (Phi) is 7.90. The van der Waals surface area contributed by atoms with E-state index < -0.39 is 53.9 Å². The van der Waals surface area contributed by atoms with Crippen molar-refractivity contribution in [2.45, 2.75) is 19.0 Å². The lowest BCUT2D eigenvalue weighted by Gasteiger charge is -2.24. The number of nitrogens with one attached hydrogen (secondary N) is 2. The molecule has 8 nitrogen and oxygen atoms in total. The second-order valence-electron chi connectivity index (χ2n) is 7.76. The number of carboxylic acid groups (broad SMARTS) is 1. The summed E-state index contributed by atoms with van der Waals surface area (Å²) in [6.07, 6.45) is -0.519. The molecule has 2 atom stereocenters. The van der Waals surface area contributed by atoms with Crippen LogP contribution in [-0.2, 0) is 25.3 Å².